The Balaban J connectivity index is 0.912. The second-order valence-electron chi connectivity index (χ2n) is 16.5. The number of rotatable bonds is 16. The quantitative estimate of drug-likeness (QED) is 0.144. The first-order chi connectivity index (χ1) is 27.9. The lowest BCUT2D eigenvalue weighted by molar-refractivity contribution is -0.142. The average Bonchev–Trinajstić information content (AvgIpc) is 4.09. The number of fused-ring (bicyclic) bond motifs is 1. The number of methoxy groups -OCH3 is 1. The molecule has 0 radical (unpaired) electrons. The number of unbranched alkanes of at least 4 members (excludes halogenated alkanes) is 1. The van der Waals surface area contributed by atoms with Gasteiger partial charge in [0.25, 0.3) is 11.5 Å². The van der Waals surface area contributed by atoms with E-state index >= 15 is 0 Å². The molecular weight excluding hydrogens is 765 g/mol. The number of carbonyl (C=O) groups excluding carboxylic acids is 4. The van der Waals surface area contributed by atoms with Crippen LogP contribution in [0.15, 0.2) is 47.8 Å². The molecule has 4 N–H and O–H groups in total. The van der Waals surface area contributed by atoms with E-state index in [9.17, 15) is 32.4 Å². The van der Waals surface area contributed by atoms with E-state index in [1.165, 1.54) is 11.0 Å². The molecule has 1 unspecified atom stereocenters. The predicted octanol–water partition coefficient (Wildman–Crippen LogP) is 3.74. The number of sulfonamides is 1. The molecule has 2 aromatic rings. The van der Waals surface area contributed by atoms with Crippen LogP contribution in [-0.4, -0.2) is 109 Å². The Morgan fingerprint density at radius 2 is 1.83 bits per heavy atom. The molecule has 3 heterocycles. The Kier molecular flexibility index (Phi) is 12.6. The van der Waals surface area contributed by atoms with E-state index < -0.39 is 50.6 Å². The number of likely N-dealkylation sites (tertiary alicyclic amines) is 2. The highest BCUT2D eigenvalue weighted by Crippen LogP contribution is 2.45. The van der Waals surface area contributed by atoms with Gasteiger partial charge >= 0.3 is 6.03 Å². The number of ether oxygens (including phenoxy) is 2. The molecule has 5 aliphatic rings. The minimum absolute atomic E-state index is 0.0794. The average molecular weight is 821 g/mol. The number of aromatic nitrogens is 1. The molecule has 5 fully saturated rings. The third kappa shape index (κ3) is 9.27. The summed E-state index contributed by atoms with van der Waals surface area (Å²) in [5.74, 6) is -1.44. The highest BCUT2D eigenvalue weighted by Gasteiger charge is 2.61. The molecule has 0 bridgehead atoms. The molecule has 7 rings (SSSR count). The lowest BCUT2D eigenvalue weighted by Crippen LogP contribution is -2.60. The molecule has 2 saturated heterocycles. The highest BCUT2D eigenvalue weighted by atomic mass is 32.2. The smallest absolute Gasteiger partial charge is 0.318 e. The fraction of sp³-hybridized carbons (Fsp3) is 0.595. The topological polar surface area (TPSA) is 196 Å². The van der Waals surface area contributed by atoms with Crippen LogP contribution in [0.3, 0.4) is 0 Å². The maximum absolute atomic E-state index is 14.4. The van der Waals surface area contributed by atoms with Gasteiger partial charge in [-0.3, -0.25) is 23.9 Å². The number of aromatic amines is 1. The Morgan fingerprint density at radius 3 is 2.55 bits per heavy atom. The highest BCUT2D eigenvalue weighted by molar-refractivity contribution is 7.91. The summed E-state index contributed by atoms with van der Waals surface area (Å²) in [6.07, 6.45) is 14.0. The molecule has 3 aliphatic carbocycles. The number of allylic oxidation sites excluding steroid dienone is 1. The Hall–Kier alpha value is -4.70. The van der Waals surface area contributed by atoms with Crippen molar-refractivity contribution in [3.05, 3.63) is 58.9 Å². The molecular formula is C42H56N6O9S. The van der Waals surface area contributed by atoms with Gasteiger partial charge in [0.05, 0.1) is 24.0 Å². The number of carbonyl (C=O) groups is 4. The van der Waals surface area contributed by atoms with E-state index in [1.54, 1.807) is 18.1 Å². The summed E-state index contributed by atoms with van der Waals surface area (Å²) in [5, 5.41) is 6.20. The Labute approximate surface area is 339 Å². The summed E-state index contributed by atoms with van der Waals surface area (Å²) in [7, 11) is -2.24. The number of benzene rings is 1. The fourth-order valence-electron chi connectivity index (χ4n) is 8.73. The van der Waals surface area contributed by atoms with Crippen molar-refractivity contribution in [3.8, 4) is 5.75 Å². The second-order valence-corrected chi connectivity index (χ2v) is 18.4. The number of hydrogen-bond acceptors (Lipinski definition) is 9. The molecule has 5 amide bonds. The first-order valence-electron chi connectivity index (χ1n) is 20.8. The number of nitrogens with one attached hydrogen (secondary N) is 4. The minimum Gasteiger partial charge on any atom is -0.497 e. The normalized spacial score (nSPS) is 25.4. The largest absolute Gasteiger partial charge is 0.497 e. The zero-order valence-corrected chi connectivity index (χ0v) is 34.0. The van der Waals surface area contributed by atoms with Gasteiger partial charge in [-0.15, -0.1) is 6.58 Å². The van der Waals surface area contributed by atoms with Crippen LogP contribution in [0.2, 0.25) is 0 Å². The zero-order valence-electron chi connectivity index (χ0n) is 33.2. The molecule has 2 aliphatic heterocycles. The molecule has 16 heteroatoms. The van der Waals surface area contributed by atoms with E-state index in [-0.39, 0.29) is 35.9 Å². The maximum Gasteiger partial charge on any atom is 0.318 e. The summed E-state index contributed by atoms with van der Waals surface area (Å²) < 4.78 is 38.7. The van der Waals surface area contributed by atoms with E-state index in [0.29, 0.717) is 81.6 Å². The SMILES string of the molecule is C=CC1C[C@]1(NC(=O)[C@@H]1CCCN1C(=O)[C@@H](NC(=O)N1CC[C@H](OCCC/C=C/c2cc3ccc(OC)cc3[nH]c2=O)C1)C1CCCCC1)C(=O)NS(=O)(=O)C1CC1. The van der Waals surface area contributed by atoms with Crippen LogP contribution in [0, 0.1) is 11.8 Å². The number of hydrogen-bond donors (Lipinski definition) is 4. The lowest BCUT2D eigenvalue weighted by atomic mass is 9.83. The maximum atomic E-state index is 14.4. The monoisotopic (exact) mass is 820 g/mol. The van der Waals surface area contributed by atoms with Crippen molar-refractivity contribution >= 4 is 50.8 Å². The summed E-state index contributed by atoms with van der Waals surface area (Å²) >= 11 is 0. The van der Waals surface area contributed by atoms with Crippen molar-refractivity contribution in [2.75, 3.05) is 33.4 Å². The minimum atomic E-state index is -3.83. The fourth-order valence-corrected chi connectivity index (χ4v) is 10.1. The summed E-state index contributed by atoms with van der Waals surface area (Å²) in [6, 6.07) is 5.39. The van der Waals surface area contributed by atoms with E-state index in [0.717, 1.165) is 43.9 Å². The summed E-state index contributed by atoms with van der Waals surface area (Å²) in [4.78, 5) is 74.0. The number of pyridine rings is 1. The van der Waals surface area contributed by atoms with Gasteiger partial charge in [-0.2, -0.15) is 0 Å². The van der Waals surface area contributed by atoms with Crippen molar-refractivity contribution in [2.24, 2.45) is 11.8 Å². The summed E-state index contributed by atoms with van der Waals surface area (Å²) in [6.45, 7) is 5.47. The van der Waals surface area contributed by atoms with Gasteiger partial charge in [-0.1, -0.05) is 37.5 Å². The van der Waals surface area contributed by atoms with Gasteiger partial charge in [0, 0.05) is 43.8 Å². The third-order valence-electron chi connectivity index (χ3n) is 12.4. The van der Waals surface area contributed by atoms with E-state index in [1.807, 2.05) is 30.4 Å². The third-order valence-corrected chi connectivity index (χ3v) is 14.3. The molecule has 314 valence electrons. The zero-order chi connectivity index (χ0) is 41.0. The predicted molar refractivity (Wildman–Crippen MR) is 218 cm³/mol. The van der Waals surface area contributed by atoms with Crippen LogP contribution >= 0.6 is 0 Å². The lowest BCUT2D eigenvalue weighted by Gasteiger charge is -2.35. The standard InChI is InChI=1S/C42H56N6O9S/c1-3-30-25-42(30,40(52)46-58(54,55)33-17-18-33)45-38(50)35-14-10-20-48(35)39(51)36(27-11-6-4-7-12-27)44-41(53)47-21-19-32(26-47)57-22-9-5-8-13-29-23-28-15-16-31(56-2)24-34(28)43-37(29)49/h3,8,13,15-16,23-24,27,30,32-33,35-36H,1,4-7,9-12,14,17-22,25-26H2,2H3,(H,43,49)(H,44,53)(H,45,50)(H,46,52)/b13-8+/t30?,32-,35-,36-,42+/m0/s1. The van der Waals surface area contributed by atoms with Gasteiger partial charge in [-0.25, -0.2) is 13.2 Å². The van der Waals surface area contributed by atoms with Crippen molar-refractivity contribution < 1.29 is 37.1 Å². The van der Waals surface area contributed by atoms with E-state index in [4.69, 9.17) is 9.47 Å². The van der Waals surface area contributed by atoms with E-state index in [2.05, 4.69) is 26.9 Å². The molecule has 0 spiro atoms. The van der Waals surface area contributed by atoms with Gasteiger partial charge in [0.2, 0.25) is 21.8 Å². The van der Waals surface area contributed by atoms with Crippen LogP contribution in [0.25, 0.3) is 17.0 Å². The van der Waals surface area contributed by atoms with Gasteiger partial charge in [0.15, 0.2) is 0 Å². The Bertz CT molecular complexity index is 2090. The molecule has 1 aromatic heterocycles. The van der Waals surface area contributed by atoms with Crippen LogP contribution in [0.4, 0.5) is 4.79 Å². The number of H-pyrrole nitrogens is 1. The van der Waals surface area contributed by atoms with Crippen LogP contribution in [0.1, 0.15) is 89.0 Å². The number of amides is 5. The second kappa shape index (κ2) is 17.7. The first-order valence-corrected chi connectivity index (χ1v) is 22.3. The summed E-state index contributed by atoms with van der Waals surface area (Å²) in [5.41, 5.74) is -0.328. The Morgan fingerprint density at radius 1 is 1.03 bits per heavy atom. The molecule has 15 nitrogen and oxygen atoms in total. The molecule has 58 heavy (non-hydrogen) atoms. The van der Waals surface area contributed by atoms with Gasteiger partial charge < -0.3 is 34.9 Å². The van der Waals surface area contributed by atoms with Crippen molar-refractivity contribution in [1.29, 1.82) is 0 Å². The van der Waals surface area contributed by atoms with Crippen LogP contribution in [-0.2, 0) is 29.1 Å². The van der Waals surface area contributed by atoms with Crippen molar-refractivity contribution in [1.82, 2.24) is 30.1 Å². The van der Waals surface area contributed by atoms with Crippen molar-refractivity contribution in [2.45, 2.75) is 112 Å². The first kappa shape index (κ1) is 41.5. The van der Waals surface area contributed by atoms with Crippen molar-refractivity contribution in [3.63, 3.8) is 0 Å². The molecule has 1 aromatic carbocycles. The number of nitrogens with zero attached hydrogens (tertiary/aromatic N) is 2. The van der Waals surface area contributed by atoms with Crippen LogP contribution in [0.5, 0.6) is 5.75 Å². The molecule has 3 saturated carbocycles. The molecule has 5 atom stereocenters. The van der Waals surface area contributed by atoms with Gasteiger partial charge in [0.1, 0.15) is 23.4 Å². The van der Waals surface area contributed by atoms with Gasteiger partial charge in [-0.05, 0) is 93.7 Å². The number of urea groups is 1. The van der Waals surface area contributed by atoms with Crippen LogP contribution < -0.4 is 25.7 Å².